The van der Waals surface area contributed by atoms with E-state index in [0.717, 1.165) is 0 Å². The third-order valence-electron chi connectivity index (χ3n) is 1.24. The summed E-state index contributed by atoms with van der Waals surface area (Å²) >= 11 is 0. The minimum absolute atomic E-state index is 0. The average Bonchev–Trinajstić information content (AvgIpc) is 2.02. The fourth-order valence-corrected chi connectivity index (χ4v) is 1.14. The summed E-state index contributed by atoms with van der Waals surface area (Å²) in [5.41, 5.74) is 0.0157. The van der Waals surface area contributed by atoms with Gasteiger partial charge in [-0.25, -0.2) is 8.42 Å². The smallest absolute Gasteiger partial charge is 0.716 e. The van der Waals surface area contributed by atoms with Crippen LogP contribution in [0.25, 0.3) is 0 Å². The molecule has 1 rings (SSSR count). The van der Waals surface area contributed by atoms with Gasteiger partial charge in [0, 0.05) is 0 Å². The summed E-state index contributed by atoms with van der Waals surface area (Å²) in [6, 6.07) is 5.54. The number of aldehydes is 1. The molecule has 0 saturated carbocycles. The van der Waals surface area contributed by atoms with E-state index in [-0.39, 0.29) is 62.7 Å². The second kappa shape index (κ2) is 5.96. The van der Waals surface area contributed by atoms with Crippen molar-refractivity contribution in [1.82, 2.24) is 0 Å². The van der Waals surface area contributed by atoms with Gasteiger partial charge in [-0.15, -0.1) is 0 Å². The van der Waals surface area contributed by atoms with Gasteiger partial charge < -0.3 is 8.74 Å². The maximum absolute atomic E-state index is 10.3. The molecule has 0 aromatic heterocycles. The fourth-order valence-electron chi connectivity index (χ4n) is 0.764. The predicted molar refractivity (Wildman–Crippen MR) is 42.2 cm³/mol. The number of hydrogen-bond donors (Lipinski definition) is 0. The number of para-hydroxylation sites is 1. The van der Waals surface area contributed by atoms with E-state index in [0.29, 0.717) is 6.29 Å². The molecule has 0 bridgehead atoms. The third-order valence-corrected chi connectivity index (χ3v) is 1.62. The molecule has 7 heteroatoms. The van der Waals surface area contributed by atoms with Gasteiger partial charge in [0.15, 0.2) is 12.0 Å². The Bertz CT molecular complexity index is 414. The summed E-state index contributed by atoms with van der Waals surface area (Å²) in [5, 5.41) is 0. The molecule has 0 aliphatic rings. The largest absolute Gasteiger partial charge is 1.00 e. The number of rotatable bonds is 3. The minimum Gasteiger partial charge on any atom is -0.716 e. The molecule has 0 unspecified atom stereocenters. The SMILES string of the molecule is O=Cc1ccccc1OS(=O)(=O)[O-].[K+]. The molecule has 0 saturated heterocycles. The summed E-state index contributed by atoms with van der Waals surface area (Å²) < 4.78 is 34.5. The Morgan fingerprint density at radius 2 is 1.86 bits per heavy atom. The van der Waals surface area contributed by atoms with Crippen molar-refractivity contribution < 1.29 is 73.3 Å². The Kier molecular flexibility index (Phi) is 6.06. The van der Waals surface area contributed by atoms with Gasteiger partial charge in [0.05, 0.1) is 5.56 Å². The van der Waals surface area contributed by atoms with Crippen LogP contribution in [-0.2, 0) is 10.4 Å². The second-order valence-electron chi connectivity index (χ2n) is 2.15. The van der Waals surface area contributed by atoms with Crippen molar-refractivity contribution in [1.29, 1.82) is 0 Å². The third kappa shape index (κ3) is 4.65. The van der Waals surface area contributed by atoms with Crippen LogP contribution >= 0.6 is 0 Å². The van der Waals surface area contributed by atoms with Gasteiger partial charge in [-0.1, -0.05) is 12.1 Å². The monoisotopic (exact) mass is 240 g/mol. The van der Waals surface area contributed by atoms with Gasteiger partial charge in [0.2, 0.25) is 0 Å². The molecule has 5 nitrogen and oxygen atoms in total. The Balaban J connectivity index is 0.00000169. The van der Waals surface area contributed by atoms with Gasteiger partial charge in [-0.05, 0) is 12.1 Å². The molecule has 1 aromatic carbocycles. The molecule has 0 radical (unpaired) electrons. The van der Waals surface area contributed by atoms with Gasteiger partial charge >= 0.3 is 51.4 Å². The summed E-state index contributed by atoms with van der Waals surface area (Å²) in [4.78, 5) is 10.3. The molecule has 0 atom stereocenters. The van der Waals surface area contributed by atoms with E-state index in [9.17, 15) is 17.8 Å². The van der Waals surface area contributed by atoms with Crippen molar-refractivity contribution in [2.24, 2.45) is 0 Å². The molecular formula is C7H5KO5S. The van der Waals surface area contributed by atoms with Crippen LogP contribution < -0.4 is 55.6 Å². The fraction of sp³-hybridized carbons (Fsp3) is 0. The molecule has 0 spiro atoms. The van der Waals surface area contributed by atoms with Crippen LogP contribution in [0.15, 0.2) is 24.3 Å². The first-order chi connectivity index (χ1) is 6.03. The molecule has 0 aliphatic carbocycles. The van der Waals surface area contributed by atoms with Crippen molar-refractivity contribution in [3.63, 3.8) is 0 Å². The van der Waals surface area contributed by atoms with Crippen LogP contribution in [0.1, 0.15) is 10.4 Å². The molecule has 0 N–H and O–H groups in total. The molecular weight excluding hydrogens is 235 g/mol. The Morgan fingerprint density at radius 1 is 1.29 bits per heavy atom. The van der Waals surface area contributed by atoms with Gasteiger partial charge in [-0.3, -0.25) is 4.79 Å². The van der Waals surface area contributed by atoms with Crippen LogP contribution in [-0.4, -0.2) is 19.3 Å². The van der Waals surface area contributed by atoms with Crippen LogP contribution in [0.5, 0.6) is 5.75 Å². The summed E-state index contributed by atoms with van der Waals surface area (Å²) in [5.74, 6) is -0.257. The van der Waals surface area contributed by atoms with Gasteiger partial charge in [-0.2, -0.15) is 0 Å². The van der Waals surface area contributed by atoms with Crippen LogP contribution in [0.4, 0.5) is 0 Å². The molecule has 14 heavy (non-hydrogen) atoms. The molecule has 0 heterocycles. The number of hydrogen-bond acceptors (Lipinski definition) is 5. The molecule has 70 valence electrons. The maximum atomic E-state index is 10.3. The Labute approximate surface area is 124 Å². The zero-order valence-electron chi connectivity index (χ0n) is 7.34. The maximum Gasteiger partial charge on any atom is 1.00 e. The number of carbonyl (C=O) groups excluding carboxylic acids is 1. The summed E-state index contributed by atoms with van der Waals surface area (Å²) in [7, 11) is -4.82. The van der Waals surface area contributed by atoms with Crippen molar-refractivity contribution >= 4 is 16.7 Å². The van der Waals surface area contributed by atoms with Gasteiger partial charge in [0.25, 0.3) is 10.4 Å². The standard InChI is InChI=1S/C7H6O5S.K/c8-5-6-3-1-2-4-7(6)12-13(9,10)11;/h1-5H,(H,9,10,11);/q;+1/p-1. The topological polar surface area (TPSA) is 83.5 Å². The quantitative estimate of drug-likeness (QED) is 0.249. The van der Waals surface area contributed by atoms with E-state index in [2.05, 4.69) is 4.18 Å². The van der Waals surface area contributed by atoms with Gasteiger partial charge in [0.1, 0.15) is 0 Å². The van der Waals surface area contributed by atoms with Crippen LogP contribution in [0.3, 0.4) is 0 Å². The van der Waals surface area contributed by atoms with Crippen molar-refractivity contribution in [3.05, 3.63) is 29.8 Å². The Hall–Kier alpha value is 0.236. The van der Waals surface area contributed by atoms with E-state index in [4.69, 9.17) is 0 Å². The zero-order valence-corrected chi connectivity index (χ0v) is 11.3. The van der Waals surface area contributed by atoms with E-state index in [1.807, 2.05) is 0 Å². The average molecular weight is 240 g/mol. The van der Waals surface area contributed by atoms with E-state index in [1.54, 1.807) is 0 Å². The molecule has 1 aromatic rings. The van der Waals surface area contributed by atoms with Crippen LogP contribution in [0, 0.1) is 0 Å². The summed E-state index contributed by atoms with van der Waals surface area (Å²) in [6.07, 6.45) is 0.403. The van der Waals surface area contributed by atoms with E-state index in [1.165, 1.54) is 24.3 Å². The molecule has 0 fully saturated rings. The van der Waals surface area contributed by atoms with E-state index < -0.39 is 10.4 Å². The van der Waals surface area contributed by atoms with Crippen molar-refractivity contribution in [3.8, 4) is 5.75 Å². The normalized spacial score (nSPS) is 10.1. The molecule has 0 aliphatic heterocycles. The zero-order chi connectivity index (χ0) is 9.90. The Morgan fingerprint density at radius 3 is 2.36 bits per heavy atom. The van der Waals surface area contributed by atoms with Crippen molar-refractivity contribution in [2.45, 2.75) is 0 Å². The molecule has 0 amide bonds. The second-order valence-corrected chi connectivity index (χ2v) is 3.13. The first-order valence-corrected chi connectivity index (χ1v) is 4.56. The predicted octanol–water partition coefficient (Wildman–Crippen LogP) is -2.66. The number of benzene rings is 1. The number of carbonyl (C=O) groups is 1. The first-order valence-electron chi connectivity index (χ1n) is 3.22. The summed E-state index contributed by atoms with van der Waals surface area (Å²) in [6.45, 7) is 0. The van der Waals surface area contributed by atoms with E-state index >= 15 is 0 Å². The first kappa shape index (κ1) is 14.2. The van der Waals surface area contributed by atoms with Crippen LogP contribution in [0.2, 0.25) is 0 Å². The van der Waals surface area contributed by atoms with Crippen molar-refractivity contribution in [2.75, 3.05) is 0 Å². The minimum atomic E-state index is -4.82.